The van der Waals surface area contributed by atoms with Gasteiger partial charge in [-0.05, 0) is 6.08 Å². The quantitative estimate of drug-likeness (QED) is 0.272. The molecule has 0 unspecified atom stereocenters. The number of nitrogens with zero attached hydrogens (tertiary/aromatic N) is 1. The lowest BCUT2D eigenvalue weighted by atomic mass is 10.4. The summed E-state index contributed by atoms with van der Waals surface area (Å²) < 4.78 is 5.48. The van der Waals surface area contributed by atoms with Crippen LogP contribution in [0, 0.1) is 0 Å². The molecule has 0 aliphatic heterocycles. The maximum absolute atomic E-state index is 10.9. The van der Waals surface area contributed by atoms with Crippen LogP contribution in [0.15, 0.2) is 12.2 Å². The molecular formula is C11H24BrNO2Si. The molecule has 0 spiro atoms. The first-order valence-corrected chi connectivity index (χ1v) is 8.93. The molecule has 96 valence electrons. The predicted molar refractivity (Wildman–Crippen MR) is 66.3 cm³/mol. The number of likely N-dealkylation sites (N-methyl/N-ethyl adjacent to an activating group) is 1. The third-order valence-electron chi connectivity index (χ3n) is 1.96. The van der Waals surface area contributed by atoms with E-state index in [1.807, 2.05) is 6.08 Å². The Hall–Kier alpha value is -0.133. The van der Waals surface area contributed by atoms with Crippen LogP contribution in [0.2, 0.25) is 19.6 Å². The van der Waals surface area contributed by atoms with Crippen molar-refractivity contribution < 1.29 is 31.0 Å². The maximum atomic E-state index is 10.9. The first kappa shape index (κ1) is 18.2. The fraction of sp³-hybridized carbons (Fsp3) is 0.727. The van der Waals surface area contributed by atoms with Gasteiger partial charge in [-0.15, -0.1) is 0 Å². The fourth-order valence-corrected chi connectivity index (χ4v) is 4.55. The summed E-state index contributed by atoms with van der Waals surface area (Å²) in [7, 11) is 4.73. The molecule has 0 fully saturated rings. The summed E-state index contributed by atoms with van der Waals surface area (Å²) >= 11 is 0. The molecule has 0 saturated heterocycles. The van der Waals surface area contributed by atoms with Crippen molar-refractivity contribution in [2.45, 2.75) is 19.6 Å². The molecule has 16 heavy (non-hydrogen) atoms. The normalized spacial score (nSPS) is 12.4. The van der Waals surface area contributed by atoms with Crippen molar-refractivity contribution in [1.29, 1.82) is 0 Å². The van der Waals surface area contributed by atoms with E-state index in [-0.39, 0.29) is 23.0 Å². The van der Waals surface area contributed by atoms with Gasteiger partial charge in [0.15, 0.2) is 0 Å². The second-order valence-corrected chi connectivity index (χ2v) is 11.2. The number of quaternary nitrogens is 1. The molecule has 0 aromatic heterocycles. The lowest BCUT2D eigenvalue weighted by Crippen LogP contribution is -3.00. The summed E-state index contributed by atoms with van der Waals surface area (Å²) in [5, 5.41) is 0. The molecule has 3 nitrogen and oxygen atoms in total. The van der Waals surface area contributed by atoms with Crippen LogP contribution in [0.1, 0.15) is 0 Å². The van der Waals surface area contributed by atoms with Crippen molar-refractivity contribution >= 4 is 14.0 Å². The first-order valence-electron chi connectivity index (χ1n) is 5.23. The van der Waals surface area contributed by atoms with E-state index >= 15 is 0 Å². The van der Waals surface area contributed by atoms with Crippen LogP contribution in [0.3, 0.4) is 0 Å². The highest BCUT2D eigenvalue weighted by atomic mass is 79.9. The lowest BCUT2D eigenvalue weighted by Gasteiger charge is -2.33. The Bertz CT molecular complexity index is 247. The Morgan fingerprint density at radius 3 is 2.19 bits per heavy atom. The van der Waals surface area contributed by atoms with Gasteiger partial charge in [0, 0.05) is 6.08 Å². The third kappa shape index (κ3) is 10.4. The van der Waals surface area contributed by atoms with Crippen LogP contribution >= 0.6 is 0 Å². The number of halogens is 1. The van der Waals surface area contributed by atoms with Gasteiger partial charge in [-0.2, -0.15) is 0 Å². The third-order valence-corrected chi connectivity index (χ3v) is 3.76. The molecule has 0 aromatic rings. The van der Waals surface area contributed by atoms with Crippen LogP contribution < -0.4 is 17.0 Å². The van der Waals surface area contributed by atoms with Crippen LogP contribution in [-0.4, -0.2) is 52.4 Å². The average molecular weight is 310 g/mol. The van der Waals surface area contributed by atoms with Crippen LogP contribution in [-0.2, 0) is 9.53 Å². The summed E-state index contributed by atoms with van der Waals surface area (Å²) in [6.07, 6.45) is 4.61. The topological polar surface area (TPSA) is 26.3 Å². The van der Waals surface area contributed by atoms with Crippen molar-refractivity contribution in [2.24, 2.45) is 0 Å². The van der Waals surface area contributed by atoms with Crippen LogP contribution in [0.5, 0.6) is 0 Å². The molecule has 0 aromatic carbocycles. The minimum absolute atomic E-state index is 0. The molecule has 0 aliphatic carbocycles. The Labute approximate surface area is 111 Å². The number of carbonyl (C=O) groups is 1. The number of hydrogen-bond donors (Lipinski definition) is 0. The Kier molecular flexibility index (Phi) is 8.26. The van der Waals surface area contributed by atoms with Crippen molar-refractivity contribution in [2.75, 3.05) is 33.9 Å². The first-order chi connectivity index (χ1) is 6.66. The summed E-state index contributed by atoms with van der Waals surface area (Å²) in [6, 6.07) is 0. The Morgan fingerprint density at radius 1 is 1.31 bits per heavy atom. The van der Waals surface area contributed by atoms with Gasteiger partial charge in [-0.25, -0.2) is 4.79 Å². The summed E-state index contributed by atoms with van der Waals surface area (Å²) in [5.41, 5.74) is 0. The number of ether oxygens (including phenoxy) is 1. The molecule has 0 N–H and O–H groups in total. The molecular weight excluding hydrogens is 286 g/mol. The zero-order valence-corrected chi connectivity index (χ0v) is 13.8. The van der Waals surface area contributed by atoms with Crippen molar-refractivity contribution in [3.63, 3.8) is 0 Å². The minimum Gasteiger partial charge on any atom is -1.00 e. The summed E-state index contributed by atoms with van der Waals surface area (Å²) in [4.78, 5) is 10.9. The van der Waals surface area contributed by atoms with Crippen molar-refractivity contribution in [3.8, 4) is 0 Å². The smallest absolute Gasteiger partial charge is 0.330 e. The van der Waals surface area contributed by atoms with Crippen molar-refractivity contribution in [3.05, 3.63) is 12.2 Å². The van der Waals surface area contributed by atoms with E-state index in [2.05, 4.69) is 38.5 Å². The van der Waals surface area contributed by atoms with Gasteiger partial charge in [0.1, 0.15) is 8.07 Å². The van der Waals surface area contributed by atoms with E-state index in [1.165, 1.54) is 19.4 Å². The molecule has 0 amide bonds. The molecule has 0 radical (unpaired) electrons. The van der Waals surface area contributed by atoms with Gasteiger partial charge < -0.3 is 26.2 Å². The number of esters is 1. The van der Waals surface area contributed by atoms with Crippen LogP contribution in [0.25, 0.3) is 0 Å². The van der Waals surface area contributed by atoms with Gasteiger partial charge in [0.05, 0.1) is 33.9 Å². The monoisotopic (exact) mass is 309 g/mol. The highest BCUT2D eigenvalue weighted by molar-refractivity contribution is 6.75. The standard InChI is InChI=1S/C11H24NO2Si.BrH/c1-12(2,10-15(4,5)6)9-7-8-11(13)14-3;/h7-8H,9-10H2,1-6H3;1H/q+1;/p-1/b8-7+;. The Balaban J connectivity index is 0. The SMILES string of the molecule is COC(=O)/C=C/C[N+](C)(C)C[Si](C)(C)C.[Br-]. The Morgan fingerprint density at radius 2 is 1.81 bits per heavy atom. The highest BCUT2D eigenvalue weighted by Crippen LogP contribution is 2.08. The number of methoxy groups -OCH3 is 1. The number of carbonyl (C=O) groups excluding carboxylic acids is 1. The van der Waals surface area contributed by atoms with Gasteiger partial charge in [0.2, 0.25) is 0 Å². The van der Waals surface area contributed by atoms with E-state index in [0.717, 1.165) is 11.0 Å². The average Bonchev–Trinajstić information content (AvgIpc) is 1.98. The molecule has 0 heterocycles. The zero-order valence-electron chi connectivity index (χ0n) is 11.2. The van der Waals surface area contributed by atoms with Crippen molar-refractivity contribution in [1.82, 2.24) is 0 Å². The summed E-state index contributed by atoms with van der Waals surface area (Å²) in [6.45, 7) is 7.95. The molecule has 5 heteroatoms. The van der Waals surface area contributed by atoms with Gasteiger partial charge in [-0.3, -0.25) is 0 Å². The fourth-order valence-electron chi connectivity index (χ4n) is 1.85. The number of rotatable bonds is 5. The molecule has 0 bridgehead atoms. The van der Waals surface area contributed by atoms with Gasteiger partial charge >= 0.3 is 5.97 Å². The second kappa shape index (κ2) is 7.24. The highest BCUT2D eigenvalue weighted by Gasteiger charge is 2.25. The minimum atomic E-state index is -1.06. The van der Waals surface area contributed by atoms with E-state index in [1.54, 1.807) is 0 Å². The van der Waals surface area contributed by atoms with E-state index in [4.69, 9.17) is 0 Å². The van der Waals surface area contributed by atoms with Gasteiger partial charge in [-0.1, -0.05) is 19.6 Å². The summed E-state index contributed by atoms with van der Waals surface area (Å²) in [5.74, 6) is -0.275. The number of hydrogen-bond acceptors (Lipinski definition) is 2. The van der Waals surface area contributed by atoms with Gasteiger partial charge in [0.25, 0.3) is 0 Å². The zero-order chi connectivity index (χ0) is 12.1. The molecule has 0 rings (SSSR count). The van der Waals surface area contributed by atoms with E-state index < -0.39 is 8.07 Å². The van der Waals surface area contributed by atoms with E-state index in [9.17, 15) is 4.79 Å². The predicted octanol–water partition coefficient (Wildman–Crippen LogP) is -1.33. The second-order valence-electron chi connectivity index (χ2n) is 5.76. The molecule has 0 atom stereocenters. The lowest BCUT2D eigenvalue weighted by molar-refractivity contribution is -0.874. The van der Waals surface area contributed by atoms with Crippen LogP contribution in [0.4, 0.5) is 0 Å². The largest absolute Gasteiger partial charge is 1.00 e. The maximum Gasteiger partial charge on any atom is 0.330 e. The molecule has 0 saturated carbocycles. The molecule has 0 aliphatic rings. The van der Waals surface area contributed by atoms with E-state index in [0.29, 0.717) is 0 Å².